The summed E-state index contributed by atoms with van der Waals surface area (Å²) < 4.78 is 4.88. The lowest BCUT2D eigenvalue weighted by Gasteiger charge is -2.06. The van der Waals surface area contributed by atoms with Crippen molar-refractivity contribution in [1.82, 2.24) is 10.6 Å². The van der Waals surface area contributed by atoms with Crippen LogP contribution in [-0.4, -0.2) is 45.4 Å². The van der Waals surface area contributed by atoms with Crippen molar-refractivity contribution in [3.8, 4) is 0 Å². The molecule has 0 saturated carbocycles. The molecule has 0 aliphatic rings. The molecule has 0 fully saturated rings. The van der Waals surface area contributed by atoms with Crippen molar-refractivity contribution in [2.45, 2.75) is 25.7 Å². The number of amides is 1. The first-order valence-electron chi connectivity index (χ1n) is 6.32. The quantitative estimate of drug-likeness (QED) is 0.377. The molecule has 1 amide bonds. The number of nitrogens with one attached hydrogen (secondary N) is 2. The third-order valence-corrected chi connectivity index (χ3v) is 2.19. The first-order chi connectivity index (χ1) is 8.31. The van der Waals surface area contributed by atoms with E-state index in [1.165, 1.54) is 0 Å². The minimum atomic E-state index is -0.352. The number of rotatable bonds is 11. The SMILES string of the molecule is NCCCNCCCCNC(=O)OCCCN. The van der Waals surface area contributed by atoms with Gasteiger partial charge in [-0.05, 0) is 51.9 Å². The van der Waals surface area contributed by atoms with Crippen molar-refractivity contribution < 1.29 is 9.53 Å². The fourth-order valence-corrected chi connectivity index (χ4v) is 1.22. The molecule has 6 N–H and O–H groups in total. The molecular formula is C11H26N4O2. The van der Waals surface area contributed by atoms with Crippen molar-refractivity contribution in [1.29, 1.82) is 0 Å². The summed E-state index contributed by atoms with van der Waals surface area (Å²) in [6, 6.07) is 0. The van der Waals surface area contributed by atoms with Gasteiger partial charge in [0.25, 0.3) is 0 Å². The van der Waals surface area contributed by atoms with Gasteiger partial charge in [-0.1, -0.05) is 0 Å². The molecule has 0 saturated heterocycles. The first-order valence-corrected chi connectivity index (χ1v) is 6.32. The van der Waals surface area contributed by atoms with E-state index in [1.807, 2.05) is 0 Å². The highest BCUT2D eigenvalue weighted by atomic mass is 16.5. The molecule has 17 heavy (non-hydrogen) atoms. The van der Waals surface area contributed by atoms with Crippen LogP contribution in [0.2, 0.25) is 0 Å². The van der Waals surface area contributed by atoms with Crippen LogP contribution in [0.1, 0.15) is 25.7 Å². The van der Waals surface area contributed by atoms with E-state index in [9.17, 15) is 4.79 Å². The maximum Gasteiger partial charge on any atom is 0.407 e. The highest BCUT2D eigenvalue weighted by molar-refractivity contribution is 5.66. The average molecular weight is 246 g/mol. The lowest BCUT2D eigenvalue weighted by Crippen LogP contribution is -2.27. The van der Waals surface area contributed by atoms with Crippen LogP contribution in [0, 0.1) is 0 Å². The molecule has 0 aromatic heterocycles. The van der Waals surface area contributed by atoms with E-state index < -0.39 is 0 Å². The molecule has 6 nitrogen and oxygen atoms in total. The monoisotopic (exact) mass is 246 g/mol. The van der Waals surface area contributed by atoms with E-state index in [0.717, 1.165) is 38.9 Å². The standard InChI is InChI=1S/C11H26N4O2/c12-5-3-8-14-7-1-2-9-15-11(16)17-10-4-6-13/h14H,1-10,12-13H2,(H,15,16). The van der Waals surface area contributed by atoms with Gasteiger partial charge in [-0.2, -0.15) is 0 Å². The fraction of sp³-hybridized carbons (Fsp3) is 0.909. The summed E-state index contributed by atoms with van der Waals surface area (Å²) in [5.74, 6) is 0. The minimum Gasteiger partial charge on any atom is -0.450 e. The van der Waals surface area contributed by atoms with Crippen molar-refractivity contribution in [3.63, 3.8) is 0 Å². The number of hydrogen-bond donors (Lipinski definition) is 4. The Labute approximate surface area is 103 Å². The van der Waals surface area contributed by atoms with Crippen LogP contribution in [0.5, 0.6) is 0 Å². The van der Waals surface area contributed by atoms with Gasteiger partial charge in [0.05, 0.1) is 6.61 Å². The predicted molar refractivity (Wildman–Crippen MR) is 68.8 cm³/mol. The summed E-state index contributed by atoms with van der Waals surface area (Å²) >= 11 is 0. The molecule has 0 spiro atoms. The molecule has 0 heterocycles. The topological polar surface area (TPSA) is 102 Å². The molecule has 0 unspecified atom stereocenters. The van der Waals surface area contributed by atoms with E-state index in [1.54, 1.807) is 0 Å². The van der Waals surface area contributed by atoms with Gasteiger partial charge in [0, 0.05) is 6.54 Å². The van der Waals surface area contributed by atoms with Crippen LogP contribution >= 0.6 is 0 Å². The van der Waals surface area contributed by atoms with Crippen LogP contribution in [0.3, 0.4) is 0 Å². The van der Waals surface area contributed by atoms with Crippen molar-refractivity contribution in [2.75, 3.05) is 39.3 Å². The van der Waals surface area contributed by atoms with Gasteiger partial charge >= 0.3 is 6.09 Å². The van der Waals surface area contributed by atoms with Crippen LogP contribution in [-0.2, 0) is 4.74 Å². The lowest BCUT2D eigenvalue weighted by molar-refractivity contribution is 0.145. The van der Waals surface area contributed by atoms with E-state index in [0.29, 0.717) is 26.1 Å². The molecule has 6 heteroatoms. The van der Waals surface area contributed by atoms with Crippen LogP contribution in [0.4, 0.5) is 4.79 Å². The molecule has 0 aromatic carbocycles. The fourth-order valence-electron chi connectivity index (χ4n) is 1.22. The number of ether oxygens (including phenoxy) is 1. The molecule has 102 valence electrons. The Morgan fingerprint density at radius 3 is 2.29 bits per heavy atom. The number of unbranched alkanes of at least 4 members (excludes halogenated alkanes) is 1. The maximum atomic E-state index is 11.1. The van der Waals surface area contributed by atoms with Gasteiger partial charge in [0.2, 0.25) is 0 Å². The van der Waals surface area contributed by atoms with E-state index in [-0.39, 0.29) is 6.09 Å². The lowest BCUT2D eigenvalue weighted by atomic mass is 10.3. The van der Waals surface area contributed by atoms with E-state index >= 15 is 0 Å². The van der Waals surface area contributed by atoms with Crippen LogP contribution < -0.4 is 22.1 Å². The predicted octanol–water partition coefficient (Wildman–Crippen LogP) is -0.220. The van der Waals surface area contributed by atoms with E-state index in [2.05, 4.69) is 10.6 Å². The second-order valence-corrected chi connectivity index (χ2v) is 3.80. The maximum absolute atomic E-state index is 11.1. The van der Waals surface area contributed by atoms with Gasteiger partial charge in [0.15, 0.2) is 0 Å². The number of carbonyl (C=O) groups is 1. The van der Waals surface area contributed by atoms with Gasteiger partial charge in [-0.25, -0.2) is 4.79 Å². The molecule has 0 radical (unpaired) electrons. The third-order valence-electron chi connectivity index (χ3n) is 2.19. The zero-order valence-electron chi connectivity index (χ0n) is 10.5. The molecule has 0 aliphatic carbocycles. The first kappa shape index (κ1) is 16.1. The molecular weight excluding hydrogens is 220 g/mol. The largest absolute Gasteiger partial charge is 0.450 e. The second-order valence-electron chi connectivity index (χ2n) is 3.80. The van der Waals surface area contributed by atoms with Crippen molar-refractivity contribution in [2.24, 2.45) is 11.5 Å². The molecule has 0 aliphatic heterocycles. The third kappa shape index (κ3) is 13.1. The zero-order valence-corrected chi connectivity index (χ0v) is 10.5. The molecule has 0 aromatic rings. The number of nitrogens with two attached hydrogens (primary N) is 2. The summed E-state index contributed by atoms with van der Waals surface area (Å²) in [6.45, 7) is 4.24. The Hall–Kier alpha value is -0.850. The molecule has 0 atom stereocenters. The van der Waals surface area contributed by atoms with Crippen molar-refractivity contribution in [3.05, 3.63) is 0 Å². The van der Waals surface area contributed by atoms with Gasteiger partial charge in [-0.15, -0.1) is 0 Å². The summed E-state index contributed by atoms with van der Waals surface area (Å²) in [4.78, 5) is 11.1. The second kappa shape index (κ2) is 13.2. The Balaban J connectivity index is 3.08. The van der Waals surface area contributed by atoms with Crippen LogP contribution in [0.15, 0.2) is 0 Å². The summed E-state index contributed by atoms with van der Waals surface area (Å²) in [6.07, 6.45) is 3.34. The Bertz CT molecular complexity index is 179. The molecule has 0 rings (SSSR count). The number of hydrogen-bond acceptors (Lipinski definition) is 5. The Morgan fingerprint density at radius 1 is 0.941 bits per heavy atom. The summed E-state index contributed by atoms with van der Waals surface area (Å²) in [5.41, 5.74) is 10.6. The van der Waals surface area contributed by atoms with Crippen LogP contribution in [0.25, 0.3) is 0 Å². The smallest absolute Gasteiger partial charge is 0.407 e. The Morgan fingerprint density at radius 2 is 1.59 bits per heavy atom. The van der Waals surface area contributed by atoms with Gasteiger partial charge < -0.3 is 26.8 Å². The number of alkyl carbamates (subject to hydrolysis) is 1. The van der Waals surface area contributed by atoms with E-state index in [4.69, 9.17) is 16.2 Å². The summed E-state index contributed by atoms with van der Waals surface area (Å²) in [5, 5.41) is 5.97. The summed E-state index contributed by atoms with van der Waals surface area (Å²) in [7, 11) is 0. The van der Waals surface area contributed by atoms with Gasteiger partial charge in [0.1, 0.15) is 0 Å². The minimum absolute atomic E-state index is 0.352. The highest BCUT2D eigenvalue weighted by Crippen LogP contribution is 1.87. The van der Waals surface area contributed by atoms with Crippen molar-refractivity contribution >= 4 is 6.09 Å². The Kier molecular flexibility index (Phi) is 12.6. The van der Waals surface area contributed by atoms with Gasteiger partial charge in [-0.3, -0.25) is 0 Å². The normalized spacial score (nSPS) is 10.2. The number of carbonyl (C=O) groups excluding carboxylic acids is 1. The average Bonchev–Trinajstić information content (AvgIpc) is 2.33. The molecule has 0 bridgehead atoms. The zero-order chi connectivity index (χ0) is 12.8. The highest BCUT2D eigenvalue weighted by Gasteiger charge is 1.99.